The molecule has 0 bridgehead atoms. The Morgan fingerprint density at radius 3 is 2.60 bits per heavy atom. The number of hydrogen-bond acceptors (Lipinski definition) is 3. The van der Waals surface area contributed by atoms with Crippen molar-refractivity contribution < 1.29 is 9.84 Å². The third-order valence-corrected chi connectivity index (χ3v) is 2.05. The number of aromatic nitrogens is 1. The zero-order valence-corrected chi connectivity index (χ0v) is 8.13. The molecule has 15 heavy (non-hydrogen) atoms. The van der Waals surface area contributed by atoms with Crippen LogP contribution in [0, 0.1) is 0 Å². The largest absolute Gasteiger partial charge is 0.467 e. The number of rotatable bonds is 3. The summed E-state index contributed by atoms with van der Waals surface area (Å²) in [7, 11) is 0. The van der Waals surface area contributed by atoms with E-state index in [9.17, 15) is 0 Å². The molecule has 3 heteroatoms. The summed E-state index contributed by atoms with van der Waals surface area (Å²) in [4.78, 5) is 4.23. The van der Waals surface area contributed by atoms with E-state index in [1.54, 1.807) is 12.3 Å². The van der Waals surface area contributed by atoms with Gasteiger partial charge in [-0.25, -0.2) is 0 Å². The van der Waals surface area contributed by atoms with Gasteiger partial charge in [-0.1, -0.05) is 18.2 Å². The van der Waals surface area contributed by atoms with Crippen LogP contribution in [0.3, 0.4) is 0 Å². The molecule has 3 nitrogen and oxygen atoms in total. The third-order valence-electron chi connectivity index (χ3n) is 2.05. The summed E-state index contributed by atoms with van der Waals surface area (Å²) in [5.41, 5.74) is 1.72. The minimum atomic E-state index is -0.330. The molecular formula is C12H11NO2. The van der Waals surface area contributed by atoms with Crippen LogP contribution < -0.4 is 4.74 Å². The Bertz CT molecular complexity index is 429. The summed E-state index contributed by atoms with van der Waals surface area (Å²) in [5, 5.41) is 8.75. The maximum Gasteiger partial charge on any atom is 0.186 e. The number of para-hydroxylation sites is 1. The van der Waals surface area contributed by atoms with E-state index < -0.39 is 0 Å². The van der Waals surface area contributed by atoms with Crippen LogP contribution in [-0.4, -0.2) is 16.9 Å². The highest BCUT2D eigenvalue weighted by Gasteiger charge is 2.05. The number of benzene rings is 1. The average molecular weight is 201 g/mol. The lowest BCUT2D eigenvalue weighted by atomic mass is 10.1. The number of ether oxygens (including phenoxy) is 1. The summed E-state index contributed by atoms with van der Waals surface area (Å²) in [5.74, 6) is 0.638. The predicted molar refractivity (Wildman–Crippen MR) is 57.4 cm³/mol. The fourth-order valence-corrected chi connectivity index (χ4v) is 1.40. The molecule has 0 atom stereocenters. The lowest BCUT2D eigenvalue weighted by Gasteiger charge is -2.08. The first-order chi connectivity index (χ1) is 7.42. The Kier molecular flexibility index (Phi) is 2.95. The number of hydrogen-bond donors (Lipinski definition) is 1. The summed E-state index contributed by atoms with van der Waals surface area (Å²) in [6, 6.07) is 13.2. The van der Waals surface area contributed by atoms with E-state index in [2.05, 4.69) is 4.98 Å². The molecule has 0 radical (unpaired) electrons. The fraction of sp³-hybridized carbons (Fsp3) is 0.0833. The van der Waals surface area contributed by atoms with Crippen molar-refractivity contribution in [3.63, 3.8) is 0 Å². The van der Waals surface area contributed by atoms with Gasteiger partial charge in [0.05, 0.1) is 5.69 Å². The van der Waals surface area contributed by atoms with Gasteiger partial charge in [0.15, 0.2) is 6.79 Å². The van der Waals surface area contributed by atoms with Gasteiger partial charge in [0.25, 0.3) is 0 Å². The van der Waals surface area contributed by atoms with E-state index in [-0.39, 0.29) is 6.79 Å². The zero-order valence-electron chi connectivity index (χ0n) is 8.13. The van der Waals surface area contributed by atoms with Crippen molar-refractivity contribution in [2.24, 2.45) is 0 Å². The molecule has 0 fully saturated rings. The monoisotopic (exact) mass is 201 g/mol. The molecule has 2 aromatic rings. The van der Waals surface area contributed by atoms with Crippen molar-refractivity contribution in [3.8, 4) is 17.0 Å². The molecule has 0 saturated carbocycles. The van der Waals surface area contributed by atoms with Gasteiger partial charge < -0.3 is 9.84 Å². The van der Waals surface area contributed by atoms with Crippen molar-refractivity contribution >= 4 is 0 Å². The van der Waals surface area contributed by atoms with Crippen molar-refractivity contribution in [1.29, 1.82) is 0 Å². The normalized spacial score (nSPS) is 9.93. The highest BCUT2D eigenvalue weighted by Crippen LogP contribution is 2.27. The maximum absolute atomic E-state index is 8.75. The Balaban J connectivity index is 2.43. The second-order valence-corrected chi connectivity index (χ2v) is 2.98. The van der Waals surface area contributed by atoms with Gasteiger partial charge in [0, 0.05) is 11.8 Å². The molecule has 2 rings (SSSR count). The van der Waals surface area contributed by atoms with E-state index in [1.807, 2.05) is 36.4 Å². The fourth-order valence-electron chi connectivity index (χ4n) is 1.40. The zero-order chi connectivity index (χ0) is 10.5. The van der Waals surface area contributed by atoms with Crippen LogP contribution in [0.15, 0.2) is 48.7 Å². The molecule has 0 aliphatic rings. The number of aliphatic hydroxyl groups is 1. The molecule has 1 heterocycles. The van der Waals surface area contributed by atoms with Gasteiger partial charge in [-0.05, 0) is 24.3 Å². The van der Waals surface area contributed by atoms with Crippen molar-refractivity contribution in [3.05, 3.63) is 48.7 Å². The van der Waals surface area contributed by atoms with Gasteiger partial charge in [0.1, 0.15) is 5.75 Å². The molecule has 0 amide bonds. The van der Waals surface area contributed by atoms with E-state index >= 15 is 0 Å². The molecule has 0 aliphatic carbocycles. The van der Waals surface area contributed by atoms with Crippen LogP contribution in [0.1, 0.15) is 0 Å². The minimum absolute atomic E-state index is 0.330. The summed E-state index contributed by atoms with van der Waals surface area (Å²) < 4.78 is 5.11. The predicted octanol–water partition coefficient (Wildman–Crippen LogP) is 2.08. The lowest BCUT2D eigenvalue weighted by Crippen LogP contribution is -1.96. The van der Waals surface area contributed by atoms with Crippen LogP contribution in [0.4, 0.5) is 0 Å². The topological polar surface area (TPSA) is 42.4 Å². The SMILES string of the molecule is OCOc1ccccc1-c1ccccn1. The summed E-state index contributed by atoms with van der Waals surface area (Å²) >= 11 is 0. The minimum Gasteiger partial charge on any atom is -0.467 e. The Labute approximate surface area is 88.0 Å². The average Bonchev–Trinajstić information content (AvgIpc) is 2.31. The van der Waals surface area contributed by atoms with Gasteiger partial charge in [-0.3, -0.25) is 4.98 Å². The molecule has 76 valence electrons. The first kappa shape index (κ1) is 9.68. The van der Waals surface area contributed by atoms with Crippen LogP contribution in [0.5, 0.6) is 5.75 Å². The highest BCUT2D eigenvalue weighted by atomic mass is 16.6. The summed E-state index contributed by atoms with van der Waals surface area (Å²) in [6.07, 6.45) is 1.73. The smallest absolute Gasteiger partial charge is 0.186 e. The van der Waals surface area contributed by atoms with E-state index in [0.717, 1.165) is 11.3 Å². The molecule has 0 spiro atoms. The Morgan fingerprint density at radius 2 is 1.87 bits per heavy atom. The number of aliphatic hydroxyl groups excluding tert-OH is 1. The van der Waals surface area contributed by atoms with Gasteiger partial charge in [-0.15, -0.1) is 0 Å². The molecule has 0 unspecified atom stereocenters. The van der Waals surface area contributed by atoms with Crippen molar-refractivity contribution in [1.82, 2.24) is 4.98 Å². The lowest BCUT2D eigenvalue weighted by molar-refractivity contribution is 0.0990. The number of nitrogens with zero attached hydrogens (tertiary/aromatic N) is 1. The second kappa shape index (κ2) is 4.57. The first-order valence-electron chi connectivity index (χ1n) is 4.66. The Morgan fingerprint density at radius 1 is 1.07 bits per heavy atom. The molecule has 0 aliphatic heterocycles. The molecule has 1 N–H and O–H groups in total. The van der Waals surface area contributed by atoms with Gasteiger partial charge in [0.2, 0.25) is 0 Å². The van der Waals surface area contributed by atoms with Gasteiger partial charge >= 0.3 is 0 Å². The van der Waals surface area contributed by atoms with E-state index in [0.29, 0.717) is 5.75 Å². The first-order valence-corrected chi connectivity index (χ1v) is 4.66. The molecule has 1 aromatic heterocycles. The second-order valence-electron chi connectivity index (χ2n) is 2.98. The van der Waals surface area contributed by atoms with Crippen LogP contribution in [0.25, 0.3) is 11.3 Å². The standard InChI is InChI=1S/C12H11NO2/c14-9-15-12-7-2-1-5-10(12)11-6-3-4-8-13-11/h1-8,14H,9H2. The summed E-state index contributed by atoms with van der Waals surface area (Å²) in [6.45, 7) is -0.330. The van der Waals surface area contributed by atoms with Crippen molar-refractivity contribution in [2.75, 3.05) is 6.79 Å². The van der Waals surface area contributed by atoms with Gasteiger partial charge in [-0.2, -0.15) is 0 Å². The maximum atomic E-state index is 8.75. The van der Waals surface area contributed by atoms with E-state index in [4.69, 9.17) is 9.84 Å². The van der Waals surface area contributed by atoms with Crippen LogP contribution in [-0.2, 0) is 0 Å². The Hall–Kier alpha value is -1.87. The van der Waals surface area contributed by atoms with Crippen LogP contribution >= 0.6 is 0 Å². The molecular weight excluding hydrogens is 190 g/mol. The molecule has 0 saturated heterocycles. The van der Waals surface area contributed by atoms with Crippen LogP contribution in [0.2, 0.25) is 0 Å². The number of pyridine rings is 1. The molecule has 1 aromatic carbocycles. The third kappa shape index (κ3) is 2.14. The van der Waals surface area contributed by atoms with E-state index in [1.165, 1.54) is 0 Å². The van der Waals surface area contributed by atoms with Crippen molar-refractivity contribution in [2.45, 2.75) is 0 Å². The highest BCUT2D eigenvalue weighted by molar-refractivity contribution is 5.66. The quantitative estimate of drug-likeness (QED) is 0.773.